The van der Waals surface area contributed by atoms with Crippen LogP contribution in [0.2, 0.25) is 0 Å². The molecule has 0 saturated carbocycles. The lowest BCUT2D eigenvalue weighted by molar-refractivity contribution is -0.120. The zero-order chi connectivity index (χ0) is 13.3. The number of benzene rings is 1. The van der Waals surface area contributed by atoms with Crippen molar-refractivity contribution in [2.45, 2.75) is 12.8 Å². The molecule has 0 atom stereocenters. The number of ether oxygens (including phenoxy) is 1. The van der Waals surface area contributed by atoms with Gasteiger partial charge in [0, 0.05) is 19.6 Å². The molecular weight excluding hydrogens is 276 g/mol. The lowest BCUT2D eigenvalue weighted by atomic mass is 10.1. The summed E-state index contributed by atoms with van der Waals surface area (Å²) in [7, 11) is 0. The molecule has 1 heterocycles. The summed E-state index contributed by atoms with van der Waals surface area (Å²) in [6.07, 6.45) is 1.47. The van der Waals surface area contributed by atoms with E-state index in [0.717, 1.165) is 51.4 Å². The summed E-state index contributed by atoms with van der Waals surface area (Å²) in [5, 5.41) is 2.97. The number of nitrogens with zero attached hydrogens (tertiary/aromatic N) is 1. The maximum Gasteiger partial charge on any atom is 0.224 e. The summed E-state index contributed by atoms with van der Waals surface area (Å²) in [6, 6.07) is 9.84. The predicted octanol–water partition coefficient (Wildman–Crippen LogP) is 1.49. The van der Waals surface area contributed by atoms with Gasteiger partial charge in [-0.1, -0.05) is 30.3 Å². The zero-order valence-corrected chi connectivity index (χ0v) is 12.5. The van der Waals surface area contributed by atoms with Gasteiger partial charge in [0.25, 0.3) is 0 Å². The SMILES string of the molecule is Cl.O=C(Cc1ccccc1)NCCCN1CCOCC1. The number of hydrogen-bond acceptors (Lipinski definition) is 3. The van der Waals surface area contributed by atoms with Crippen LogP contribution in [0, 0.1) is 0 Å². The molecule has 1 aliphatic rings. The third-order valence-corrected chi connectivity index (χ3v) is 3.28. The second kappa shape index (κ2) is 9.75. The molecule has 0 spiro atoms. The fraction of sp³-hybridized carbons (Fsp3) is 0.533. The van der Waals surface area contributed by atoms with Crippen molar-refractivity contribution in [1.29, 1.82) is 0 Å². The van der Waals surface area contributed by atoms with Crippen LogP contribution in [-0.4, -0.2) is 50.2 Å². The Kier molecular flexibility index (Phi) is 8.26. The van der Waals surface area contributed by atoms with Crippen molar-refractivity contribution in [2.24, 2.45) is 0 Å². The average Bonchev–Trinajstić information content (AvgIpc) is 2.46. The number of hydrogen-bond donors (Lipinski definition) is 1. The van der Waals surface area contributed by atoms with Gasteiger partial charge < -0.3 is 10.1 Å². The van der Waals surface area contributed by atoms with Gasteiger partial charge in [0.15, 0.2) is 0 Å². The van der Waals surface area contributed by atoms with E-state index in [9.17, 15) is 4.79 Å². The number of halogens is 1. The maximum absolute atomic E-state index is 11.7. The van der Waals surface area contributed by atoms with Crippen molar-refractivity contribution in [3.63, 3.8) is 0 Å². The van der Waals surface area contributed by atoms with Gasteiger partial charge in [0.2, 0.25) is 5.91 Å². The van der Waals surface area contributed by atoms with E-state index >= 15 is 0 Å². The molecule has 1 aromatic rings. The largest absolute Gasteiger partial charge is 0.379 e. The minimum absolute atomic E-state index is 0. The predicted molar refractivity (Wildman–Crippen MR) is 82.3 cm³/mol. The lowest BCUT2D eigenvalue weighted by Crippen LogP contribution is -2.38. The summed E-state index contributed by atoms with van der Waals surface area (Å²) in [5.41, 5.74) is 1.06. The molecule has 5 heteroatoms. The molecule has 1 aromatic carbocycles. The molecule has 0 radical (unpaired) electrons. The van der Waals surface area contributed by atoms with Gasteiger partial charge in [0.05, 0.1) is 19.6 Å². The molecule has 0 unspecified atom stereocenters. The monoisotopic (exact) mass is 298 g/mol. The molecule has 1 fully saturated rings. The molecule has 0 bridgehead atoms. The van der Waals surface area contributed by atoms with Gasteiger partial charge in [-0.05, 0) is 18.5 Å². The average molecular weight is 299 g/mol. The van der Waals surface area contributed by atoms with E-state index < -0.39 is 0 Å². The highest BCUT2D eigenvalue weighted by molar-refractivity contribution is 5.85. The highest BCUT2D eigenvalue weighted by Gasteiger charge is 2.09. The quantitative estimate of drug-likeness (QED) is 0.809. The minimum atomic E-state index is 0. The normalized spacial score (nSPS) is 15.4. The Morgan fingerprint density at radius 2 is 1.90 bits per heavy atom. The number of amides is 1. The molecule has 112 valence electrons. The number of rotatable bonds is 6. The molecule has 1 aliphatic heterocycles. The van der Waals surface area contributed by atoms with Crippen molar-refractivity contribution in [3.8, 4) is 0 Å². The Morgan fingerprint density at radius 1 is 1.20 bits per heavy atom. The smallest absolute Gasteiger partial charge is 0.224 e. The molecule has 0 aromatic heterocycles. The van der Waals surface area contributed by atoms with Crippen LogP contribution in [-0.2, 0) is 16.0 Å². The molecule has 4 nitrogen and oxygen atoms in total. The summed E-state index contributed by atoms with van der Waals surface area (Å²) in [5.74, 6) is 0.105. The first-order chi connectivity index (χ1) is 9.34. The van der Waals surface area contributed by atoms with Crippen LogP contribution in [0.25, 0.3) is 0 Å². The van der Waals surface area contributed by atoms with Crippen LogP contribution < -0.4 is 5.32 Å². The Balaban J connectivity index is 0.00000200. The molecule has 1 N–H and O–H groups in total. The number of carbonyl (C=O) groups excluding carboxylic acids is 1. The summed E-state index contributed by atoms with van der Waals surface area (Å²) in [4.78, 5) is 14.1. The van der Waals surface area contributed by atoms with E-state index in [1.807, 2.05) is 30.3 Å². The number of nitrogens with one attached hydrogen (secondary N) is 1. The summed E-state index contributed by atoms with van der Waals surface area (Å²) >= 11 is 0. The van der Waals surface area contributed by atoms with E-state index in [2.05, 4.69) is 10.2 Å². The van der Waals surface area contributed by atoms with Crippen LogP contribution >= 0.6 is 12.4 Å². The molecule has 1 saturated heterocycles. The van der Waals surface area contributed by atoms with Crippen LogP contribution in [0.4, 0.5) is 0 Å². The fourth-order valence-electron chi connectivity index (χ4n) is 2.20. The molecular formula is C15H23ClN2O2. The molecule has 2 rings (SSSR count). The van der Waals surface area contributed by atoms with E-state index in [1.54, 1.807) is 0 Å². The van der Waals surface area contributed by atoms with Gasteiger partial charge in [0.1, 0.15) is 0 Å². The Hall–Kier alpha value is -1.10. The van der Waals surface area contributed by atoms with E-state index in [4.69, 9.17) is 4.74 Å². The zero-order valence-electron chi connectivity index (χ0n) is 11.7. The van der Waals surface area contributed by atoms with Crippen molar-refractivity contribution in [1.82, 2.24) is 10.2 Å². The molecule has 0 aliphatic carbocycles. The van der Waals surface area contributed by atoms with Crippen LogP contribution in [0.15, 0.2) is 30.3 Å². The Labute approximate surface area is 126 Å². The van der Waals surface area contributed by atoms with Gasteiger partial charge in [-0.15, -0.1) is 12.4 Å². The second-order valence-corrected chi connectivity index (χ2v) is 4.82. The summed E-state index contributed by atoms with van der Waals surface area (Å²) < 4.78 is 5.30. The first-order valence-electron chi connectivity index (χ1n) is 6.95. The first kappa shape index (κ1) is 17.0. The van der Waals surface area contributed by atoms with Gasteiger partial charge >= 0.3 is 0 Å². The van der Waals surface area contributed by atoms with E-state index in [0.29, 0.717) is 6.42 Å². The van der Waals surface area contributed by atoms with Gasteiger partial charge in [-0.2, -0.15) is 0 Å². The highest BCUT2D eigenvalue weighted by Crippen LogP contribution is 2.00. The lowest BCUT2D eigenvalue weighted by Gasteiger charge is -2.26. The van der Waals surface area contributed by atoms with Crippen LogP contribution in [0.3, 0.4) is 0 Å². The fourth-order valence-corrected chi connectivity index (χ4v) is 2.20. The maximum atomic E-state index is 11.7. The van der Waals surface area contributed by atoms with Crippen molar-refractivity contribution >= 4 is 18.3 Å². The summed E-state index contributed by atoms with van der Waals surface area (Å²) in [6.45, 7) is 5.48. The van der Waals surface area contributed by atoms with Gasteiger partial charge in [-0.3, -0.25) is 9.69 Å². The Morgan fingerprint density at radius 3 is 2.60 bits per heavy atom. The second-order valence-electron chi connectivity index (χ2n) is 4.82. The molecule has 20 heavy (non-hydrogen) atoms. The topological polar surface area (TPSA) is 41.6 Å². The van der Waals surface area contributed by atoms with E-state index in [1.165, 1.54) is 0 Å². The molecule has 1 amide bonds. The van der Waals surface area contributed by atoms with Crippen molar-refractivity contribution in [3.05, 3.63) is 35.9 Å². The third kappa shape index (κ3) is 6.37. The van der Waals surface area contributed by atoms with E-state index in [-0.39, 0.29) is 18.3 Å². The van der Waals surface area contributed by atoms with Gasteiger partial charge in [-0.25, -0.2) is 0 Å². The minimum Gasteiger partial charge on any atom is -0.379 e. The van der Waals surface area contributed by atoms with Crippen LogP contribution in [0.5, 0.6) is 0 Å². The Bertz CT molecular complexity index is 381. The van der Waals surface area contributed by atoms with Crippen LogP contribution in [0.1, 0.15) is 12.0 Å². The standard InChI is InChI=1S/C15H22N2O2.ClH/c18-15(13-14-5-2-1-3-6-14)16-7-4-8-17-9-11-19-12-10-17;/h1-3,5-6H,4,7-13H2,(H,16,18);1H. The highest BCUT2D eigenvalue weighted by atomic mass is 35.5. The number of carbonyl (C=O) groups is 1. The first-order valence-corrected chi connectivity index (χ1v) is 6.95. The third-order valence-electron chi connectivity index (χ3n) is 3.28. The van der Waals surface area contributed by atoms with Crippen molar-refractivity contribution in [2.75, 3.05) is 39.4 Å². The number of morpholine rings is 1. The van der Waals surface area contributed by atoms with Crippen molar-refractivity contribution < 1.29 is 9.53 Å².